The molecule has 4 nitrogen and oxygen atoms in total. The van der Waals surface area contributed by atoms with Crippen LogP contribution in [0.25, 0.3) is 0 Å². The Balaban J connectivity index is 2.06. The highest BCUT2D eigenvalue weighted by molar-refractivity contribution is 5.46. The number of ether oxygens (including phenoxy) is 2. The Kier molecular flexibility index (Phi) is 7.03. The van der Waals surface area contributed by atoms with Crippen molar-refractivity contribution in [3.8, 4) is 11.5 Å². The minimum absolute atomic E-state index is 0.304. The summed E-state index contributed by atoms with van der Waals surface area (Å²) in [6.07, 6.45) is -3.44. The predicted octanol–water partition coefficient (Wildman–Crippen LogP) is 4.50. The van der Waals surface area contributed by atoms with Crippen molar-refractivity contribution in [1.29, 1.82) is 0 Å². The molecule has 0 aliphatic carbocycles. The highest BCUT2D eigenvalue weighted by atomic mass is 19.4. The molecule has 0 amide bonds. The van der Waals surface area contributed by atoms with Gasteiger partial charge in [-0.25, -0.2) is 0 Å². The molecule has 0 saturated carbocycles. The van der Waals surface area contributed by atoms with Crippen molar-refractivity contribution < 1.29 is 22.6 Å². The van der Waals surface area contributed by atoms with Gasteiger partial charge in [0.15, 0.2) is 11.5 Å². The van der Waals surface area contributed by atoms with Gasteiger partial charge in [-0.05, 0) is 55.3 Å². The Morgan fingerprint density at radius 3 is 2.55 bits per heavy atom. The predicted molar refractivity (Wildman–Crippen MR) is 107 cm³/mol. The van der Waals surface area contributed by atoms with Crippen molar-refractivity contribution in [2.45, 2.75) is 25.6 Å². The van der Waals surface area contributed by atoms with Crippen LogP contribution in [0.4, 0.5) is 13.2 Å². The molecular weight excluding hydrogens is 381 g/mol. The molecule has 0 bridgehead atoms. The van der Waals surface area contributed by atoms with Gasteiger partial charge < -0.3 is 14.8 Å². The van der Waals surface area contributed by atoms with E-state index in [9.17, 15) is 13.2 Å². The second-order valence-electron chi connectivity index (χ2n) is 7.01. The molecule has 0 spiro atoms. The van der Waals surface area contributed by atoms with Gasteiger partial charge >= 0.3 is 6.18 Å². The molecule has 7 heteroatoms. The normalized spacial score (nSPS) is 16.9. The molecule has 1 aliphatic rings. The highest BCUT2D eigenvalue weighted by Gasteiger charge is 2.32. The van der Waals surface area contributed by atoms with Crippen LogP contribution >= 0.6 is 0 Å². The summed E-state index contributed by atoms with van der Waals surface area (Å²) in [5.41, 5.74) is 0.866. The second-order valence-corrected chi connectivity index (χ2v) is 7.01. The molecule has 2 aromatic rings. The Hall–Kier alpha value is -2.25. The van der Waals surface area contributed by atoms with Gasteiger partial charge in [0, 0.05) is 19.6 Å². The molecule has 1 N–H and O–H groups in total. The summed E-state index contributed by atoms with van der Waals surface area (Å²) in [6, 6.07) is 10.9. The summed E-state index contributed by atoms with van der Waals surface area (Å²) in [4.78, 5) is 2.23. The van der Waals surface area contributed by atoms with E-state index in [1.54, 1.807) is 13.2 Å². The van der Waals surface area contributed by atoms with Crippen molar-refractivity contribution in [2.75, 3.05) is 39.9 Å². The van der Waals surface area contributed by atoms with Gasteiger partial charge in [0.2, 0.25) is 0 Å². The molecule has 1 saturated heterocycles. The van der Waals surface area contributed by atoms with Crippen LogP contribution < -0.4 is 14.8 Å². The maximum atomic E-state index is 13.3. The van der Waals surface area contributed by atoms with Crippen LogP contribution in [0, 0.1) is 0 Å². The molecule has 158 valence electrons. The zero-order chi connectivity index (χ0) is 20.9. The smallest absolute Gasteiger partial charge is 0.416 e. The SMILES string of the molecule is CCOc1ccc(C(c2cccc(C(F)(F)F)c2)N2CCCNCC2)cc1OC. The van der Waals surface area contributed by atoms with E-state index in [0.29, 0.717) is 23.7 Å². The van der Waals surface area contributed by atoms with Gasteiger partial charge in [0.1, 0.15) is 0 Å². The van der Waals surface area contributed by atoms with Gasteiger partial charge in [-0.2, -0.15) is 13.2 Å². The summed E-state index contributed by atoms with van der Waals surface area (Å²) >= 11 is 0. The van der Waals surface area contributed by atoms with Crippen molar-refractivity contribution in [2.24, 2.45) is 0 Å². The first-order valence-electron chi connectivity index (χ1n) is 9.86. The van der Waals surface area contributed by atoms with Gasteiger partial charge in [-0.1, -0.05) is 18.2 Å². The number of hydrogen-bond acceptors (Lipinski definition) is 4. The Morgan fingerprint density at radius 1 is 1.03 bits per heavy atom. The average Bonchev–Trinajstić information content (AvgIpc) is 2.98. The summed E-state index contributed by atoms with van der Waals surface area (Å²) in [5.74, 6) is 1.20. The summed E-state index contributed by atoms with van der Waals surface area (Å²) in [5, 5.41) is 3.35. The molecule has 0 aromatic heterocycles. The first kappa shape index (κ1) is 21.5. The van der Waals surface area contributed by atoms with Crippen molar-refractivity contribution in [3.05, 3.63) is 59.2 Å². The Bertz CT molecular complexity index is 803. The van der Waals surface area contributed by atoms with E-state index in [4.69, 9.17) is 9.47 Å². The summed E-state index contributed by atoms with van der Waals surface area (Å²) in [7, 11) is 1.57. The van der Waals surface area contributed by atoms with Crippen molar-refractivity contribution in [1.82, 2.24) is 10.2 Å². The highest BCUT2D eigenvalue weighted by Crippen LogP contribution is 2.37. The number of alkyl halides is 3. The van der Waals surface area contributed by atoms with Gasteiger partial charge in [0.05, 0.1) is 25.3 Å². The van der Waals surface area contributed by atoms with Crippen LogP contribution in [-0.4, -0.2) is 44.8 Å². The number of nitrogens with zero attached hydrogens (tertiary/aromatic N) is 1. The lowest BCUT2D eigenvalue weighted by Crippen LogP contribution is -2.33. The van der Waals surface area contributed by atoms with Crippen molar-refractivity contribution >= 4 is 0 Å². The molecule has 1 atom stereocenters. The zero-order valence-corrected chi connectivity index (χ0v) is 16.8. The lowest BCUT2D eigenvalue weighted by molar-refractivity contribution is -0.137. The first-order valence-corrected chi connectivity index (χ1v) is 9.86. The summed E-state index contributed by atoms with van der Waals surface area (Å²) < 4.78 is 51.1. The molecule has 1 unspecified atom stereocenters. The standard InChI is InChI=1S/C22H27F3N2O2/c1-3-29-19-9-8-17(15-20(19)28-2)21(27-12-5-10-26-11-13-27)16-6-4-7-18(14-16)22(23,24)25/h4,6-9,14-15,21,26H,3,5,10-13H2,1-2H3. The fourth-order valence-corrected chi connectivity index (χ4v) is 3.75. The van der Waals surface area contributed by atoms with E-state index in [2.05, 4.69) is 10.2 Å². The second kappa shape index (κ2) is 9.50. The molecule has 0 radical (unpaired) electrons. The molecule has 29 heavy (non-hydrogen) atoms. The fourth-order valence-electron chi connectivity index (χ4n) is 3.75. The van der Waals surface area contributed by atoms with E-state index in [1.165, 1.54) is 12.1 Å². The number of benzene rings is 2. The number of methoxy groups -OCH3 is 1. The quantitative estimate of drug-likeness (QED) is 0.763. The van der Waals surface area contributed by atoms with E-state index in [0.717, 1.165) is 44.2 Å². The van der Waals surface area contributed by atoms with Crippen LogP contribution in [0.2, 0.25) is 0 Å². The van der Waals surface area contributed by atoms with Crippen LogP contribution in [0.3, 0.4) is 0 Å². The molecular formula is C22H27F3N2O2. The number of hydrogen-bond donors (Lipinski definition) is 1. The van der Waals surface area contributed by atoms with Gasteiger partial charge in [-0.15, -0.1) is 0 Å². The topological polar surface area (TPSA) is 33.7 Å². The molecule has 1 fully saturated rings. The molecule has 1 aliphatic heterocycles. The zero-order valence-electron chi connectivity index (χ0n) is 16.8. The van der Waals surface area contributed by atoms with E-state index >= 15 is 0 Å². The van der Waals surface area contributed by atoms with E-state index in [-0.39, 0.29) is 6.04 Å². The Morgan fingerprint density at radius 2 is 1.83 bits per heavy atom. The minimum Gasteiger partial charge on any atom is -0.493 e. The molecule has 3 rings (SSSR count). The lowest BCUT2D eigenvalue weighted by atomic mass is 9.94. The van der Waals surface area contributed by atoms with E-state index < -0.39 is 11.7 Å². The third kappa shape index (κ3) is 5.22. The summed E-state index contributed by atoms with van der Waals surface area (Å²) in [6.45, 7) is 5.63. The molecule has 1 heterocycles. The van der Waals surface area contributed by atoms with Crippen molar-refractivity contribution in [3.63, 3.8) is 0 Å². The Labute approximate surface area is 169 Å². The van der Waals surface area contributed by atoms with Gasteiger partial charge in [0.25, 0.3) is 0 Å². The third-order valence-corrected chi connectivity index (χ3v) is 5.07. The molecule has 2 aromatic carbocycles. The van der Waals surface area contributed by atoms with Crippen LogP contribution in [0.1, 0.15) is 36.1 Å². The number of nitrogens with one attached hydrogen (secondary N) is 1. The van der Waals surface area contributed by atoms with Crippen LogP contribution in [0.5, 0.6) is 11.5 Å². The van der Waals surface area contributed by atoms with Gasteiger partial charge in [-0.3, -0.25) is 4.90 Å². The fraction of sp³-hybridized carbons (Fsp3) is 0.455. The number of halogens is 3. The van der Waals surface area contributed by atoms with E-state index in [1.807, 2.05) is 25.1 Å². The third-order valence-electron chi connectivity index (χ3n) is 5.07. The average molecular weight is 408 g/mol. The largest absolute Gasteiger partial charge is 0.493 e. The first-order chi connectivity index (χ1) is 13.9. The maximum absolute atomic E-state index is 13.3. The van der Waals surface area contributed by atoms with Crippen LogP contribution in [0.15, 0.2) is 42.5 Å². The monoisotopic (exact) mass is 408 g/mol. The van der Waals surface area contributed by atoms with Crippen LogP contribution in [-0.2, 0) is 6.18 Å². The maximum Gasteiger partial charge on any atom is 0.416 e. The lowest BCUT2D eigenvalue weighted by Gasteiger charge is -2.32. The number of rotatable bonds is 6. The minimum atomic E-state index is -4.38.